The standard InChI is InChI=1S/C39H43N11O8/c1-6-47-27(8-18(3)45-47)36(55)43-38-41-25-10-21(20(5)51)12-31-33(25)49(38)23(16-57-31)14-29(52)30(53)15-24-17-58-32-13-22(35(40)54)11-26-34(32)50(24)39(42-26)44-37(56)28-9-19(4)46-48(28)7-2/h8-13,23-24,29-30,52-53H,6-7,14-17H2,1-5H3,(H2,40,54)(H,41,43,55)(H,42,44,56)/t23-,24-,29?,30?/m0/s1. The molecular weight excluding hydrogens is 750 g/mol. The lowest BCUT2D eigenvalue weighted by Gasteiger charge is -2.32. The summed E-state index contributed by atoms with van der Waals surface area (Å²) in [5.74, 6) is -0.751. The summed E-state index contributed by atoms with van der Waals surface area (Å²) in [6.07, 6.45) is -2.71. The van der Waals surface area contributed by atoms with E-state index in [2.05, 4.69) is 25.8 Å². The molecule has 6 aromatic rings. The summed E-state index contributed by atoms with van der Waals surface area (Å²) in [4.78, 5) is 61.1. The molecule has 0 aliphatic carbocycles. The number of aliphatic hydroxyl groups is 2. The summed E-state index contributed by atoms with van der Waals surface area (Å²) in [7, 11) is 0. The maximum atomic E-state index is 13.6. The monoisotopic (exact) mass is 793 g/mol. The number of aryl methyl sites for hydroxylation is 4. The highest BCUT2D eigenvalue weighted by molar-refractivity contribution is 6.05. The van der Waals surface area contributed by atoms with E-state index in [-0.39, 0.29) is 49.3 Å². The molecule has 2 aliphatic rings. The molecule has 19 heteroatoms. The normalized spacial score (nSPS) is 16.8. The first-order valence-corrected chi connectivity index (χ1v) is 19.0. The third-order valence-corrected chi connectivity index (χ3v) is 10.6. The van der Waals surface area contributed by atoms with Crippen LogP contribution in [0.4, 0.5) is 11.9 Å². The van der Waals surface area contributed by atoms with Gasteiger partial charge in [0.05, 0.1) is 46.7 Å². The number of aliphatic hydroxyl groups excluding tert-OH is 2. The number of benzene rings is 2. The molecule has 0 saturated heterocycles. The maximum Gasteiger partial charge on any atom is 0.276 e. The van der Waals surface area contributed by atoms with Crippen LogP contribution in [0.3, 0.4) is 0 Å². The Morgan fingerprint density at radius 2 is 1.17 bits per heavy atom. The molecule has 8 rings (SSSR count). The lowest BCUT2D eigenvalue weighted by atomic mass is 9.98. The van der Waals surface area contributed by atoms with Gasteiger partial charge in [0.1, 0.15) is 47.1 Å². The zero-order valence-electron chi connectivity index (χ0n) is 32.5. The van der Waals surface area contributed by atoms with Crippen LogP contribution in [0, 0.1) is 13.8 Å². The molecule has 4 atom stereocenters. The number of Topliss-reactive ketones (excluding diaryl/α,β-unsaturated/α-hetero) is 1. The molecule has 6 N–H and O–H groups in total. The van der Waals surface area contributed by atoms with Gasteiger partial charge in [-0.3, -0.25) is 39.2 Å². The molecular formula is C39H43N11O8. The number of aromatic nitrogens is 8. The molecule has 0 bridgehead atoms. The number of amides is 3. The van der Waals surface area contributed by atoms with Crippen molar-refractivity contribution < 1.29 is 38.9 Å². The fourth-order valence-electron chi connectivity index (χ4n) is 7.85. The number of primary amides is 1. The van der Waals surface area contributed by atoms with Crippen molar-refractivity contribution in [2.45, 2.75) is 84.8 Å². The van der Waals surface area contributed by atoms with Gasteiger partial charge < -0.3 is 34.6 Å². The number of carbonyl (C=O) groups is 4. The molecule has 58 heavy (non-hydrogen) atoms. The first kappa shape index (κ1) is 38.3. The summed E-state index contributed by atoms with van der Waals surface area (Å²) >= 11 is 0. The lowest BCUT2D eigenvalue weighted by molar-refractivity contribution is -0.0130. The summed E-state index contributed by atoms with van der Waals surface area (Å²) < 4.78 is 18.9. The van der Waals surface area contributed by atoms with Crippen LogP contribution in [0.25, 0.3) is 22.1 Å². The minimum Gasteiger partial charge on any atom is -0.489 e. The molecule has 3 amide bonds. The van der Waals surface area contributed by atoms with Crippen LogP contribution >= 0.6 is 0 Å². The van der Waals surface area contributed by atoms with Crippen molar-refractivity contribution in [3.63, 3.8) is 0 Å². The van der Waals surface area contributed by atoms with E-state index >= 15 is 0 Å². The first-order valence-electron chi connectivity index (χ1n) is 19.0. The van der Waals surface area contributed by atoms with Gasteiger partial charge in [0.15, 0.2) is 5.78 Å². The Labute approximate surface area is 330 Å². The van der Waals surface area contributed by atoms with E-state index in [1.165, 1.54) is 19.1 Å². The summed E-state index contributed by atoms with van der Waals surface area (Å²) in [6, 6.07) is 8.34. The van der Waals surface area contributed by atoms with Crippen LogP contribution in [0.5, 0.6) is 11.5 Å². The Kier molecular flexibility index (Phi) is 9.72. The number of anilines is 2. The number of imidazole rings is 2. The molecule has 2 aliphatic heterocycles. The molecule has 19 nitrogen and oxygen atoms in total. The number of hydrogen-bond donors (Lipinski definition) is 5. The van der Waals surface area contributed by atoms with Crippen molar-refractivity contribution in [1.29, 1.82) is 0 Å². The van der Waals surface area contributed by atoms with E-state index in [1.807, 2.05) is 13.8 Å². The van der Waals surface area contributed by atoms with Gasteiger partial charge in [-0.1, -0.05) is 0 Å². The zero-order chi connectivity index (χ0) is 41.2. The zero-order valence-corrected chi connectivity index (χ0v) is 32.5. The van der Waals surface area contributed by atoms with E-state index in [0.29, 0.717) is 75.0 Å². The molecule has 302 valence electrons. The van der Waals surface area contributed by atoms with Gasteiger partial charge in [0.2, 0.25) is 17.8 Å². The van der Waals surface area contributed by atoms with Gasteiger partial charge >= 0.3 is 0 Å². The van der Waals surface area contributed by atoms with Crippen LogP contribution in [0.15, 0.2) is 36.4 Å². The Balaban J connectivity index is 1.09. The highest BCUT2D eigenvalue weighted by Crippen LogP contribution is 2.41. The van der Waals surface area contributed by atoms with Crippen molar-refractivity contribution in [3.8, 4) is 11.5 Å². The van der Waals surface area contributed by atoms with E-state index < -0.39 is 42.0 Å². The Bertz CT molecular complexity index is 2470. The Morgan fingerprint density at radius 1 is 0.741 bits per heavy atom. The van der Waals surface area contributed by atoms with E-state index in [9.17, 15) is 29.4 Å². The average molecular weight is 794 g/mol. The number of nitrogens with zero attached hydrogens (tertiary/aromatic N) is 8. The number of ketones is 1. The predicted octanol–water partition coefficient (Wildman–Crippen LogP) is 3.31. The van der Waals surface area contributed by atoms with Crippen molar-refractivity contribution in [1.82, 2.24) is 38.7 Å². The molecule has 0 fully saturated rings. The molecule has 2 unspecified atom stereocenters. The first-order chi connectivity index (χ1) is 27.7. The van der Waals surface area contributed by atoms with Gasteiger partial charge in [0, 0.05) is 24.2 Å². The molecule has 0 spiro atoms. The quantitative estimate of drug-likeness (QED) is 0.106. The van der Waals surface area contributed by atoms with Crippen molar-refractivity contribution in [2.24, 2.45) is 5.73 Å². The van der Waals surface area contributed by atoms with Crippen molar-refractivity contribution in [3.05, 3.63) is 70.3 Å². The van der Waals surface area contributed by atoms with E-state index in [1.54, 1.807) is 56.6 Å². The molecule has 0 saturated carbocycles. The molecule has 4 aromatic heterocycles. The van der Waals surface area contributed by atoms with Crippen molar-refractivity contribution >= 4 is 57.5 Å². The molecule has 6 heterocycles. The molecule has 0 radical (unpaired) electrons. The summed E-state index contributed by atoms with van der Waals surface area (Å²) in [6.45, 7) is 9.72. The number of carbonyl (C=O) groups excluding carboxylic acids is 4. The fourth-order valence-corrected chi connectivity index (χ4v) is 7.85. The lowest BCUT2D eigenvalue weighted by Crippen LogP contribution is -2.36. The van der Waals surface area contributed by atoms with Gasteiger partial charge in [-0.05, 0) is 83.9 Å². The number of nitrogens with one attached hydrogen (secondary N) is 2. The summed E-state index contributed by atoms with van der Waals surface area (Å²) in [5, 5.41) is 37.9. The van der Waals surface area contributed by atoms with Crippen LogP contribution in [-0.2, 0) is 13.1 Å². The predicted molar refractivity (Wildman–Crippen MR) is 209 cm³/mol. The average Bonchev–Trinajstić information content (AvgIpc) is 3.96. The van der Waals surface area contributed by atoms with E-state index in [0.717, 1.165) is 0 Å². The van der Waals surface area contributed by atoms with Crippen LogP contribution < -0.4 is 25.8 Å². The second-order valence-electron chi connectivity index (χ2n) is 14.6. The topological polar surface area (TPSA) is 249 Å². The van der Waals surface area contributed by atoms with Gasteiger partial charge in [-0.15, -0.1) is 0 Å². The highest BCUT2D eigenvalue weighted by atomic mass is 16.5. The van der Waals surface area contributed by atoms with Crippen LogP contribution in [0.2, 0.25) is 0 Å². The maximum absolute atomic E-state index is 13.6. The number of hydrogen-bond acceptors (Lipinski definition) is 12. The second kappa shape index (κ2) is 14.7. The third-order valence-electron chi connectivity index (χ3n) is 10.6. The van der Waals surface area contributed by atoms with Crippen LogP contribution in [0.1, 0.15) is 98.8 Å². The second-order valence-corrected chi connectivity index (χ2v) is 14.6. The number of ether oxygens (including phenoxy) is 2. The van der Waals surface area contributed by atoms with Gasteiger partial charge in [-0.2, -0.15) is 10.2 Å². The number of nitrogens with two attached hydrogens (primary N) is 1. The van der Waals surface area contributed by atoms with E-state index in [4.69, 9.17) is 20.2 Å². The van der Waals surface area contributed by atoms with Crippen molar-refractivity contribution in [2.75, 3.05) is 23.8 Å². The Hall–Kier alpha value is -6.60. The molecule has 2 aromatic carbocycles. The van der Waals surface area contributed by atoms with Gasteiger partial charge in [0.25, 0.3) is 11.8 Å². The fraction of sp³-hybridized carbons (Fsp3) is 0.385. The minimum absolute atomic E-state index is 0.00383. The SMILES string of the molecule is CCn1nc(C)cc1C(=O)Nc1nc2cc(C(C)=O)cc3c2n1[C@@H](CC(O)C(O)C[C@H]1COc2cc(C(N)=O)cc4nc(NC(=O)c5cc(C)nn5CC)n1c24)CO3. The summed E-state index contributed by atoms with van der Waals surface area (Å²) in [5.41, 5.74) is 9.88. The third kappa shape index (κ3) is 6.70. The highest BCUT2D eigenvalue weighted by Gasteiger charge is 2.36. The Morgan fingerprint density at radius 3 is 1.59 bits per heavy atom. The largest absolute Gasteiger partial charge is 0.489 e. The smallest absolute Gasteiger partial charge is 0.276 e. The number of rotatable bonds is 13. The minimum atomic E-state index is -1.33. The van der Waals surface area contributed by atoms with Crippen LogP contribution in [-0.4, -0.2) is 97.8 Å². The van der Waals surface area contributed by atoms with Gasteiger partial charge in [-0.25, -0.2) is 9.97 Å².